The summed E-state index contributed by atoms with van der Waals surface area (Å²) in [5.74, 6) is 1.80. The summed E-state index contributed by atoms with van der Waals surface area (Å²) in [6.07, 6.45) is 7.91. The Morgan fingerprint density at radius 2 is 2.45 bits per heavy atom. The fourth-order valence-corrected chi connectivity index (χ4v) is 2.27. The van der Waals surface area contributed by atoms with E-state index in [0.29, 0.717) is 0 Å². The van der Waals surface area contributed by atoms with E-state index in [0.717, 1.165) is 11.8 Å². The first-order valence-corrected chi connectivity index (χ1v) is 4.80. The van der Waals surface area contributed by atoms with Crippen molar-refractivity contribution in [3.05, 3.63) is 11.8 Å². The summed E-state index contributed by atoms with van der Waals surface area (Å²) in [6, 6.07) is 0. The molecule has 0 aromatic heterocycles. The molecule has 0 spiro atoms. The Bertz CT molecular complexity index is 172. The fourth-order valence-electron chi connectivity index (χ4n) is 2.27. The molecule has 1 nitrogen and oxygen atoms in total. The minimum absolute atomic E-state index is 0.882. The van der Waals surface area contributed by atoms with Crippen molar-refractivity contribution in [2.45, 2.75) is 32.6 Å². The van der Waals surface area contributed by atoms with E-state index >= 15 is 0 Å². The summed E-state index contributed by atoms with van der Waals surface area (Å²) in [6.45, 7) is 3.57. The van der Waals surface area contributed by atoms with Crippen molar-refractivity contribution in [3.63, 3.8) is 0 Å². The lowest BCUT2D eigenvalue weighted by molar-refractivity contribution is 0.337. The first kappa shape index (κ1) is 7.20. The highest BCUT2D eigenvalue weighted by Gasteiger charge is 2.23. The van der Waals surface area contributed by atoms with E-state index in [-0.39, 0.29) is 0 Å². The zero-order valence-corrected chi connectivity index (χ0v) is 7.27. The molecule has 0 aromatic rings. The maximum atomic E-state index is 3.50. The summed E-state index contributed by atoms with van der Waals surface area (Å²) < 4.78 is 0. The van der Waals surface area contributed by atoms with Crippen molar-refractivity contribution in [1.82, 2.24) is 5.32 Å². The Morgan fingerprint density at radius 1 is 1.55 bits per heavy atom. The Morgan fingerprint density at radius 3 is 3.36 bits per heavy atom. The minimum atomic E-state index is 0.882. The molecular weight excluding hydrogens is 134 g/mol. The lowest BCUT2D eigenvalue weighted by Gasteiger charge is -2.32. The van der Waals surface area contributed by atoms with Gasteiger partial charge in [0.1, 0.15) is 0 Å². The van der Waals surface area contributed by atoms with Gasteiger partial charge in [0, 0.05) is 12.2 Å². The topological polar surface area (TPSA) is 12.0 Å². The smallest absolute Gasteiger partial charge is 0.0144 e. The molecule has 2 rings (SSSR count). The summed E-state index contributed by atoms with van der Waals surface area (Å²) in [5.41, 5.74) is 1.55. The van der Waals surface area contributed by atoms with Crippen molar-refractivity contribution < 1.29 is 0 Å². The molecule has 62 valence electrons. The number of fused-ring (bicyclic) bond motifs is 1. The van der Waals surface area contributed by atoms with Gasteiger partial charge >= 0.3 is 0 Å². The average molecular weight is 151 g/mol. The first-order chi connectivity index (χ1) is 5.36. The fraction of sp³-hybridized carbons (Fsp3) is 0.800. The molecule has 11 heavy (non-hydrogen) atoms. The quantitative estimate of drug-likeness (QED) is 0.560. The Kier molecular flexibility index (Phi) is 1.89. The summed E-state index contributed by atoms with van der Waals surface area (Å²) in [7, 11) is 0. The van der Waals surface area contributed by atoms with Crippen LogP contribution in [0.5, 0.6) is 0 Å². The van der Waals surface area contributed by atoms with Crippen molar-refractivity contribution in [3.8, 4) is 0 Å². The van der Waals surface area contributed by atoms with E-state index in [1.54, 1.807) is 5.70 Å². The van der Waals surface area contributed by atoms with Gasteiger partial charge in [-0.2, -0.15) is 0 Å². The van der Waals surface area contributed by atoms with Crippen LogP contribution in [0.4, 0.5) is 0 Å². The van der Waals surface area contributed by atoms with Crippen LogP contribution < -0.4 is 5.32 Å². The van der Waals surface area contributed by atoms with Crippen LogP contribution in [0.1, 0.15) is 32.6 Å². The number of rotatable bonds is 0. The molecule has 1 fully saturated rings. The number of hydrogen-bond acceptors (Lipinski definition) is 1. The van der Waals surface area contributed by atoms with Crippen LogP contribution in [-0.4, -0.2) is 6.54 Å². The van der Waals surface area contributed by atoms with Gasteiger partial charge in [0.25, 0.3) is 0 Å². The van der Waals surface area contributed by atoms with Gasteiger partial charge in [-0.1, -0.05) is 13.0 Å². The molecule has 0 radical (unpaired) electrons. The molecule has 0 amide bonds. The second-order valence-corrected chi connectivity index (χ2v) is 4.00. The Balaban J connectivity index is 2.08. The highest BCUT2D eigenvalue weighted by molar-refractivity contribution is 5.10. The molecule has 2 aliphatic rings. The van der Waals surface area contributed by atoms with Gasteiger partial charge in [-0.25, -0.2) is 0 Å². The van der Waals surface area contributed by atoms with Gasteiger partial charge in [0.2, 0.25) is 0 Å². The molecule has 0 bridgehead atoms. The van der Waals surface area contributed by atoms with Crippen molar-refractivity contribution >= 4 is 0 Å². The third-order valence-corrected chi connectivity index (χ3v) is 2.93. The van der Waals surface area contributed by atoms with Crippen LogP contribution in [0.25, 0.3) is 0 Å². The van der Waals surface area contributed by atoms with Crippen LogP contribution in [0.3, 0.4) is 0 Å². The van der Waals surface area contributed by atoms with E-state index in [1.807, 2.05) is 0 Å². The monoisotopic (exact) mass is 151 g/mol. The lowest BCUT2D eigenvalue weighted by Crippen LogP contribution is -2.30. The second-order valence-electron chi connectivity index (χ2n) is 4.00. The molecule has 1 aliphatic carbocycles. The highest BCUT2D eigenvalue weighted by Crippen LogP contribution is 2.32. The molecule has 1 heteroatoms. The van der Waals surface area contributed by atoms with Gasteiger partial charge in [-0.15, -0.1) is 0 Å². The largest absolute Gasteiger partial charge is 0.388 e. The summed E-state index contributed by atoms with van der Waals surface area (Å²) in [4.78, 5) is 0. The molecule has 1 aliphatic heterocycles. The molecule has 2 atom stereocenters. The number of nitrogens with one attached hydrogen (secondary N) is 1. The molecule has 1 unspecified atom stereocenters. The van der Waals surface area contributed by atoms with E-state index in [2.05, 4.69) is 18.3 Å². The van der Waals surface area contributed by atoms with Crippen LogP contribution in [0.15, 0.2) is 11.8 Å². The molecule has 0 saturated carbocycles. The van der Waals surface area contributed by atoms with Crippen molar-refractivity contribution in [2.75, 3.05) is 6.54 Å². The molecule has 1 N–H and O–H groups in total. The Hall–Kier alpha value is -0.460. The van der Waals surface area contributed by atoms with Gasteiger partial charge in [0.15, 0.2) is 0 Å². The third-order valence-electron chi connectivity index (χ3n) is 2.93. The van der Waals surface area contributed by atoms with E-state index in [1.165, 1.54) is 32.2 Å². The molecular formula is C10H17N. The van der Waals surface area contributed by atoms with Gasteiger partial charge in [0.05, 0.1) is 0 Å². The zero-order chi connectivity index (χ0) is 7.68. The third kappa shape index (κ3) is 1.42. The van der Waals surface area contributed by atoms with Crippen LogP contribution in [0, 0.1) is 11.8 Å². The maximum absolute atomic E-state index is 3.50. The van der Waals surface area contributed by atoms with Gasteiger partial charge in [-0.05, 0) is 37.5 Å². The zero-order valence-electron chi connectivity index (χ0n) is 7.27. The lowest BCUT2D eigenvalue weighted by atomic mass is 9.81. The van der Waals surface area contributed by atoms with Crippen LogP contribution in [-0.2, 0) is 0 Å². The van der Waals surface area contributed by atoms with Crippen molar-refractivity contribution in [1.29, 1.82) is 0 Å². The van der Waals surface area contributed by atoms with E-state index < -0.39 is 0 Å². The second kappa shape index (κ2) is 2.88. The summed E-state index contributed by atoms with van der Waals surface area (Å²) >= 11 is 0. The highest BCUT2D eigenvalue weighted by atomic mass is 14.9. The van der Waals surface area contributed by atoms with Crippen LogP contribution >= 0.6 is 0 Å². The van der Waals surface area contributed by atoms with Gasteiger partial charge in [-0.3, -0.25) is 0 Å². The van der Waals surface area contributed by atoms with Crippen molar-refractivity contribution in [2.24, 2.45) is 11.8 Å². The predicted octanol–water partition coefficient (Wildman–Crippen LogP) is 2.30. The predicted molar refractivity (Wildman–Crippen MR) is 47.2 cm³/mol. The van der Waals surface area contributed by atoms with E-state index in [4.69, 9.17) is 0 Å². The van der Waals surface area contributed by atoms with E-state index in [9.17, 15) is 0 Å². The minimum Gasteiger partial charge on any atom is -0.388 e. The number of piperidine rings is 1. The Labute approximate surface area is 68.9 Å². The maximum Gasteiger partial charge on any atom is 0.0144 e. The molecule has 0 aromatic carbocycles. The summed E-state index contributed by atoms with van der Waals surface area (Å²) in [5, 5.41) is 3.50. The first-order valence-electron chi connectivity index (χ1n) is 4.80. The SMILES string of the molecule is C[C@@H]1CC=C2NCCCC2C1. The van der Waals surface area contributed by atoms with Gasteiger partial charge < -0.3 is 5.32 Å². The standard InChI is InChI=1S/C10H17N/c1-8-4-5-10-9(7-8)3-2-6-11-10/h5,8-9,11H,2-4,6-7H2,1H3/t8-,9?/m1/s1. The normalized spacial score (nSPS) is 37.0. The number of hydrogen-bond donors (Lipinski definition) is 1. The average Bonchev–Trinajstić information content (AvgIpc) is 2.04. The molecule has 1 saturated heterocycles. The number of allylic oxidation sites excluding steroid dienone is 2. The van der Waals surface area contributed by atoms with Crippen LogP contribution in [0.2, 0.25) is 0 Å². The molecule has 1 heterocycles.